The zero-order valence-corrected chi connectivity index (χ0v) is 13.1. The van der Waals surface area contributed by atoms with Gasteiger partial charge in [-0.05, 0) is 37.6 Å². The Balaban J connectivity index is 2.46. The molecule has 0 bridgehead atoms. The molecule has 1 rings (SSSR count). The van der Waals surface area contributed by atoms with Crippen molar-refractivity contribution in [3.05, 3.63) is 0 Å². The minimum atomic E-state index is -0.533. The van der Waals surface area contributed by atoms with Gasteiger partial charge in [-0.15, -0.1) is 0 Å². The molecule has 0 aromatic heterocycles. The molecular weight excluding hydrogens is 256 g/mol. The number of hydrogen-bond donors (Lipinski definition) is 1. The number of ether oxygens (including phenoxy) is 1. The van der Waals surface area contributed by atoms with Crippen molar-refractivity contribution in [2.24, 2.45) is 11.8 Å². The number of carbonyl (C=O) groups is 2. The number of nitrogens with zero attached hydrogens (tertiary/aromatic N) is 1. The van der Waals surface area contributed by atoms with Gasteiger partial charge in [-0.25, -0.2) is 4.79 Å². The highest BCUT2D eigenvalue weighted by atomic mass is 16.5. The summed E-state index contributed by atoms with van der Waals surface area (Å²) in [5, 5.41) is 2.81. The van der Waals surface area contributed by atoms with E-state index in [0.29, 0.717) is 24.8 Å². The lowest BCUT2D eigenvalue weighted by molar-refractivity contribution is -0.145. The third-order valence-corrected chi connectivity index (χ3v) is 3.64. The van der Waals surface area contributed by atoms with Crippen molar-refractivity contribution < 1.29 is 14.3 Å². The first-order chi connectivity index (χ1) is 9.42. The van der Waals surface area contributed by atoms with Crippen LogP contribution in [0.2, 0.25) is 0 Å². The molecule has 2 unspecified atom stereocenters. The lowest BCUT2D eigenvalue weighted by Gasteiger charge is -2.30. The smallest absolute Gasteiger partial charge is 0.328 e. The third-order valence-electron chi connectivity index (χ3n) is 3.64. The van der Waals surface area contributed by atoms with E-state index in [4.69, 9.17) is 4.74 Å². The molecule has 1 aliphatic heterocycles. The number of nitrogens with one attached hydrogen (secondary N) is 1. The molecule has 2 atom stereocenters. The molecule has 0 saturated carbocycles. The molecule has 1 heterocycles. The third kappa shape index (κ3) is 5.90. The Hall–Kier alpha value is -1.10. The number of esters is 1. The van der Waals surface area contributed by atoms with Gasteiger partial charge in [-0.2, -0.15) is 0 Å². The van der Waals surface area contributed by atoms with E-state index in [2.05, 4.69) is 17.1 Å². The van der Waals surface area contributed by atoms with Crippen molar-refractivity contribution in [1.82, 2.24) is 10.2 Å². The molecule has 0 aliphatic carbocycles. The fourth-order valence-corrected chi connectivity index (χ4v) is 2.70. The van der Waals surface area contributed by atoms with Crippen LogP contribution in [0.4, 0.5) is 0 Å². The van der Waals surface area contributed by atoms with Gasteiger partial charge in [0.15, 0.2) is 0 Å². The van der Waals surface area contributed by atoms with Crippen LogP contribution in [0.25, 0.3) is 0 Å². The highest BCUT2D eigenvalue weighted by molar-refractivity contribution is 5.85. The van der Waals surface area contributed by atoms with Crippen LogP contribution in [0.15, 0.2) is 0 Å². The Morgan fingerprint density at radius 2 is 2.10 bits per heavy atom. The van der Waals surface area contributed by atoms with Crippen LogP contribution < -0.4 is 5.32 Å². The summed E-state index contributed by atoms with van der Waals surface area (Å²) in [7, 11) is 1.36. The number of amides is 1. The maximum Gasteiger partial charge on any atom is 0.328 e. The Morgan fingerprint density at radius 1 is 1.40 bits per heavy atom. The average Bonchev–Trinajstić information content (AvgIpc) is 2.36. The molecule has 1 amide bonds. The quantitative estimate of drug-likeness (QED) is 0.750. The molecule has 0 radical (unpaired) electrons. The summed E-state index contributed by atoms with van der Waals surface area (Å²) in [5.74, 6) is 0.521. The number of carbonyl (C=O) groups excluding carboxylic acids is 2. The number of rotatable bonds is 6. The van der Waals surface area contributed by atoms with Crippen LogP contribution in [0.1, 0.15) is 40.0 Å². The Labute approximate surface area is 122 Å². The van der Waals surface area contributed by atoms with Crippen LogP contribution in [0, 0.1) is 11.8 Å². The average molecular weight is 284 g/mol. The van der Waals surface area contributed by atoms with E-state index in [0.717, 1.165) is 19.5 Å². The molecule has 1 N–H and O–H groups in total. The maximum atomic E-state index is 12.1. The van der Waals surface area contributed by atoms with Crippen molar-refractivity contribution >= 4 is 11.9 Å². The van der Waals surface area contributed by atoms with Crippen molar-refractivity contribution in [2.75, 3.05) is 26.7 Å². The van der Waals surface area contributed by atoms with Gasteiger partial charge in [0.05, 0.1) is 13.7 Å². The summed E-state index contributed by atoms with van der Waals surface area (Å²) >= 11 is 0. The van der Waals surface area contributed by atoms with Gasteiger partial charge in [0.2, 0.25) is 5.91 Å². The summed E-state index contributed by atoms with van der Waals surface area (Å²) in [6, 6.07) is -0.533. The van der Waals surface area contributed by atoms with E-state index in [1.165, 1.54) is 13.5 Å². The van der Waals surface area contributed by atoms with Gasteiger partial charge in [-0.1, -0.05) is 20.8 Å². The standard InChI is InChI=1S/C15H28N2O3/c1-11(2)8-13(15(19)20-4)16-14(18)10-17-7-5-6-12(3)9-17/h11-13H,5-10H2,1-4H3,(H,16,18). The molecule has 5 nitrogen and oxygen atoms in total. The van der Waals surface area contributed by atoms with Crippen LogP contribution >= 0.6 is 0 Å². The fraction of sp³-hybridized carbons (Fsp3) is 0.867. The predicted octanol–water partition coefficient (Wildman–Crippen LogP) is 1.42. The Kier molecular flexibility index (Phi) is 6.99. The Bertz CT molecular complexity index is 331. The molecule has 1 saturated heterocycles. The Morgan fingerprint density at radius 3 is 2.65 bits per heavy atom. The molecule has 0 aromatic carbocycles. The normalized spacial score (nSPS) is 21.6. The molecule has 1 fully saturated rings. The minimum Gasteiger partial charge on any atom is -0.467 e. The lowest BCUT2D eigenvalue weighted by Crippen LogP contribution is -2.48. The number of likely N-dealkylation sites (tertiary alicyclic amines) is 1. The highest BCUT2D eigenvalue weighted by Gasteiger charge is 2.24. The van der Waals surface area contributed by atoms with E-state index < -0.39 is 6.04 Å². The minimum absolute atomic E-state index is 0.0878. The van der Waals surface area contributed by atoms with E-state index in [-0.39, 0.29) is 11.9 Å². The first-order valence-corrected chi connectivity index (χ1v) is 7.52. The zero-order valence-electron chi connectivity index (χ0n) is 13.1. The SMILES string of the molecule is COC(=O)C(CC(C)C)NC(=O)CN1CCCC(C)C1. The second-order valence-corrected chi connectivity index (χ2v) is 6.26. The van der Waals surface area contributed by atoms with E-state index in [9.17, 15) is 9.59 Å². The van der Waals surface area contributed by atoms with Gasteiger partial charge < -0.3 is 10.1 Å². The number of hydrogen-bond acceptors (Lipinski definition) is 4. The van der Waals surface area contributed by atoms with E-state index >= 15 is 0 Å². The zero-order chi connectivity index (χ0) is 15.1. The van der Waals surface area contributed by atoms with Crippen molar-refractivity contribution in [3.8, 4) is 0 Å². The summed E-state index contributed by atoms with van der Waals surface area (Å²) in [4.78, 5) is 25.9. The topological polar surface area (TPSA) is 58.6 Å². The summed E-state index contributed by atoms with van der Waals surface area (Å²) in [6.45, 7) is 8.55. The van der Waals surface area contributed by atoms with E-state index in [1.54, 1.807) is 0 Å². The van der Waals surface area contributed by atoms with Crippen LogP contribution in [0.3, 0.4) is 0 Å². The molecule has 1 aliphatic rings. The molecule has 0 aromatic rings. The molecule has 0 spiro atoms. The van der Waals surface area contributed by atoms with Gasteiger partial charge >= 0.3 is 5.97 Å². The highest BCUT2D eigenvalue weighted by Crippen LogP contribution is 2.15. The fourth-order valence-electron chi connectivity index (χ4n) is 2.70. The molecule has 116 valence electrons. The largest absolute Gasteiger partial charge is 0.467 e. The first kappa shape index (κ1) is 17.0. The van der Waals surface area contributed by atoms with Crippen molar-refractivity contribution in [1.29, 1.82) is 0 Å². The monoisotopic (exact) mass is 284 g/mol. The van der Waals surface area contributed by atoms with Gasteiger partial charge in [0.25, 0.3) is 0 Å². The molecular formula is C15H28N2O3. The summed E-state index contributed by atoms with van der Waals surface area (Å²) in [5.41, 5.74) is 0. The van der Waals surface area contributed by atoms with Crippen molar-refractivity contribution in [2.45, 2.75) is 46.1 Å². The van der Waals surface area contributed by atoms with Crippen LogP contribution in [-0.2, 0) is 14.3 Å². The molecule has 20 heavy (non-hydrogen) atoms. The number of methoxy groups -OCH3 is 1. The predicted molar refractivity (Wildman–Crippen MR) is 78.2 cm³/mol. The number of piperidine rings is 1. The molecule has 5 heteroatoms. The van der Waals surface area contributed by atoms with Gasteiger partial charge in [-0.3, -0.25) is 9.69 Å². The van der Waals surface area contributed by atoms with Gasteiger partial charge in [0.1, 0.15) is 6.04 Å². The maximum absolute atomic E-state index is 12.1. The second-order valence-electron chi connectivity index (χ2n) is 6.26. The first-order valence-electron chi connectivity index (χ1n) is 7.52. The second kappa shape index (κ2) is 8.25. The summed E-state index contributed by atoms with van der Waals surface area (Å²) < 4.78 is 4.75. The lowest BCUT2D eigenvalue weighted by atomic mass is 10.0. The van der Waals surface area contributed by atoms with Gasteiger partial charge in [0, 0.05) is 6.54 Å². The van der Waals surface area contributed by atoms with Crippen molar-refractivity contribution in [3.63, 3.8) is 0 Å². The summed E-state index contributed by atoms with van der Waals surface area (Å²) in [6.07, 6.45) is 2.98. The van der Waals surface area contributed by atoms with Crippen LogP contribution in [-0.4, -0.2) is 49.6 Å². The van der Waals surface area contributed by atoms with E-state index in [1.807, 2.05) is 13.8 Å². The van der Waals surface area contributed by atoms with Crippen LogP contribution in [0.5, 0.6) is 0 Å².